The number of ether oxygens (including phenoxy) is 1. The fraction of sp³-hybridized carbons (Fsp3) is 0.136. The van der Waals surface area contributed by atoms with Gasteiger partial charge in [0.05, 0.1) is 31.2 Å². The molecule has 0 fully saturated rings. The van der Waals surface area contributed by atoms with Gasteiger partial charge >= 0.3 is 0 Å². The molecule has 4 aromatic heterocycles. The summed E-state index contributed by atoms with van der Waals surface area (Å²) in [7, 11) is 1.54. The van der Waals surface area contributed by atoms with Crippen molar-refractivity contribution >= 4 is 11.6 Å². The highest BCUT2D eigenvalue weighted by molar-refractivity contribution is 5.71. The Hall–Kier alpha value is -4.34. The maximum Gasteiger partial charge on any atom is 0.240 e. The number of fused-ring (bicyclic) bond motifs is 1. The lowest BCUT2D eigenvalue weighted by atomic mass is 10.1. The SMILES string of the molecule is COc1ncc(-c2cnn([C@H](C)c3ccc(F)cc3)c2)nc1-c1ccn2nc(N)nc2c1. The number of nitrogens with two attached hydrogens (primary N) is 1. The van der Waals surface area contributed by atoms with Crippen LogP contribution in [-0.2, 0) is 0 Å². The van der Waals surface area contributed by atoms with E-state index in [1.807, 2.05) is 25.3 Å². The minimum atomic E-state index is -0.268. The van der Waals surface area contributed by atoms with Crippen molar-refractivity contribution in [2.75, 3.05) is 12.8 Å². The molecule has 1 aromatic carbocycles. The Labute approximate surface area is 182 Å². The average molecular weight is 430 g/mol. The van der Waals surface area contributed by atoms with E-state index < -0.39 is 0 Å². The lowest BCUT2D eigenvalue weighted by Crippen LogP contribution is -2.07. The van der Waals surface area contributed by atoms with Gasteiger partial charge in [0.1, 0.15) is 11.5 Å². The number of methoxy groups -OCH3 is 1. The van der Waals surface area contributed by atoms with Crippen molar-refractivity contribution in [2.45, 2.75) is 13.0 Å². The molecule has 5 rings (SSSR count). The van der Waals surface area contributed by atoms with Crippen LogP contribution in [0.1, 0.15) is 18.5 Å². The molecule has 2 N–H and O–H groups in total. The van der Waals surface area contributed by atoms with Gasteiger partial charge in [-0.3, -0.25) is 4.68 Å². The first-order chi connectivity index (χ1) is 15.5. The standard InChI is InChI=1S/C22H19FN8O/c1-13(14-3-5-17(23)6-4-14)31-12-16(10-26-31)18-11-25-21(32-2)20(27-18)15-7-8-30-19(9-15)28-22(24)29-30/h3-13H,1-2H3,(H2,24,29)/t13-/m1/s1. The Morgan fingerprint density at radius 2 is 1.88 bits per heavy atom. The average Bonchev–Trinajstić information content (AvgIpc) is 3.44. The molecule has 9 nitrogen and oxygen atoms in total. The van der Waals surface area contributed by atoms with E-state index in [4.69, 9.17) is 15.5 Å². The fourth-order valence-electron chi connectivity index (χ4n) is 3.48. The second-order valence-corrected chi connectivity index (χ2v) is 7.24. The monoisotopic (exact) mass is 430 g/mol. The first-order valence-electron chi connectivity index (χ1n) is 9.85. The van der Waals surface area contributed by atoms with Crippen LogP contribution in [0.15, 0.2) is 61.2 Å². The van der Waals surface area contributed by atoms with Crippen LogP contribution in [-0.4, -0.2) is 41.5 Å². The zero-order chi connectivity index (χ0) is 22.2. The molecule has 0 spiro atoms. The maximum atomic E-state index is 13.2. The molecule has 0 radical (unpaired) electrons. The van der Waals surface area contributed by atoms with Gasteiger partial charge in [0.2, 0.25) is 11.8 Å². The molecule has 0 unspecified atom stereocenters. The maximum absolute atomic E-state index is 13.2. The van der Waals surface area contributed by atoms with E-state index in [0.29, 0.717) is 22.9 Å². The van der Waals surface area contributed by atoms with E-state index >= 15 is 0 Å². The van der Waals surface area contributed by atoms with Crippen LogP contribution >= 0.6 is 0 Å². The number of halogens is 1. The number of pyridine rings is 1. The van der Waals surface area contributed by atoms with Gasteiger partial charge in [0, 0.05) is 23.5 Å². The van der Waals surface area contributed by atoms with Crippen molar-refractivity contribution in [3.8, 4) is 28.4 Å². The molecule has 1 atom stereocenters. The predicted octanol–water partition coefficient (Wildman–Crippen LogP) is 3.39. The van der Waals surface area contributed by atoms with Crippen LogP contribution in [0.5, 0.6) is 5.88 Å². The normalized spacial score (nSPS) is 12.2. The summed E-state index contributed by atoms with van der Waals surface area (Å²) in [5.74, 6) is 0.310. The minimum absolute atomic E-state index is 0.0733. The lowest BCUT2D eigenvalue weighted by Gasteiger charge is -2.12. The molecule has 32 heavy (non-hydrogen) atoms. The Bertz CT molecular complexity index is 1410. The molecule has 0 aliphatic heterocycles. The van der Waals surface area contributed by atoms with Gasteiger partial charge in [-0.1, -0.05) is 12.1 Å². The summed E-state index contributed by atoms with van der Waals surface area (Å²) in [6, 6.07) is 9.97. The number of rotatable bonds is 5. The van der Waals surface area contributed by atoms with Gasteiger partial charge in [-0.2, -0.15) is 10.1 Å². The van der Waals surface area contributed by atoms with Crippen LogP contribution in [0.25, 0.3) is 28.2 Å². The third kappa shape index (κ3) is 3.51. The molecule has 0 saturated heterocycles. The molecule has 0 saturated carbocycles. The molecule has 5 aromatic rings. The Morgan fingerprint density at radius 3 is 2.66 bits per heavy atom. The van der Waals surface area contributed by atoms with Crippen molar-refractivity contribution < 1.29 is 9.13 Å². The predicted molar refractivity (Wildman–Crippen MR) is 116 cm³/mol. The van der Waals surface area contributed by atoms with E-state index in [1.54, 1.807) is 47.0 Å². The number of benzene rings is 1. The van der Waals surface area contributed by atoms with E-state index in [0.717, 1.165) is 16.7 Å². The fourth-order valence-corrected chi connectivity index (χ4v) is 3.48. The molecule has 10 heteroatoms. The Kier molecular flexibility index (Phi) is 4.74. The Balaban J connectivity index is 1.51. The number of hydrogen-bond donors (Lipinski definition) is 1. The molecule has 0 aliphatic carbocycles. The number of anilines is 1. The third-order valence-electron chi connectivity index (χ3n) is 5.21. The first kappa shape index (κ1) is 19.6. The van der Waals surface area contributed by atoms with E-state index in [-0.39, 0.29) is 17.8 Å². The first-order valence-corrected chi connectivity index (χ1v) is 9.85. The largest absolute Gasteiger partial charge is 0.479 e. The summed E-state index contributed by atoms with van der Waals surface area (Å²) < 4.78 is 22.1. The summed E-state index contributed by atoms with van der Waals surface area (Å²) in [5, 5.41) is 8.56. The van der Waals surface area contributed by atoms with Crippen LogP contribution in [0.3, 0.4) is 0 Å². The molecular weight excluding hydrogens is 411 g/mol. The van der Waals surface area contributed by atoms with Crippen LogP contribution in [0.4, 0.5) is 10.3 Å². The molecule has 160 valence electrons. The van der Waals surface area contributed by atoms with Crippen molar-refractivity contribution in [3.05, 3.63) is 72.6 Å². The Morgan fingerprint density at radius 1 is 1.06 bits per heavy atom. The number of nitrogen functional groups attached to an aromatic ring is 1. The van der Waals surface area contributed by atoms with E-state index in [9.17, 15) is 4.39 Å². The van der Waals surface area contributed by atoms with Crippen molar-refractivity contribution in [1.82, 2.24) is 34.3 Å². The highest BCUT2D eigenvalue weighted by atomic mass is 19.1. The smallest absolute Gasteiger partial charge is 0.240 e. The summed E-state index contributed by atoms with van der Waals surface area (Å²) >= 11 is 0. The number of nitrogens with zero attached hydrogens (tertiary/aromatic N) is 7. The number of hydrogen-bond acceptors (Lipinski definition) is 7. The third-order valence-corrected chi connectivity index (χ3v) is 5.21. The van der Waals surface area contributed by atoms with Gasteiger partial charge in [0.25, 0.3) is 0 Å². The topological polar surface area (TPSA) is 109 Å². The lowest BCUT2D eigenvalue weighted by molar-refractivity contribution is 0.398. The molecule has 0 aliphatic rings. The zero-order valence-corrected chi connectivity index (χ0v) is 17.3. The highest BCUT2D eigenvalue weighted by Crippen LogP contribution is 2.30. The number of aromatic nitrogens is 7. The molecule has 0 amide bonds. The van der Waals surface area contributed by atoms with Gasteiger partial charge in [-0.25, -0.2) is 18.9 Å². The van der Waals surface area contributed by atoms with Gasteiger partial charge in [0.15, 0.2) is 5.65 Å². The minimum Gasteiger partial charge on any atom is -0.479 e. The molecule has 0 bridgehead atoms. The second-order valence-electron chi connectivity index (χ2n) is 7.24. The van der Waals surface area contributed by atoms with E-state index in [1.165, 1.54) is 12.1 Å². The van der Waals surface area contributed by atoms with Gasteiger partial charge in [-0.15, -0.1) is 5.10 Å². The highest BCUT2D eigenvalue weighted by Gasteiger charge is 2.16. The summed E-state index contributed by atoms with van der Waals surface area (Å²) in [6.45, 7) is 1.99. The van der Waals surface area contributed by atoms with Gasteiger partial charge < -0.3 is 10.5 Å². The molecule has 4 heterocycles. The van der Waals surface area contributed by atoms with Crippen molar-refractivity contribution in [3.63, 3.8) is 0 Å². The van der Waals surface area contributed by atoms with Crippen LogP contribution in [0, 0.1) is 5.82 Å². The van der Waals surface area contributed by atoms with E-state index in [2.05, 4.69) is 20.2 Å². The van der Waals surface area contributed by atoms with Crippen molar-refractivity contribution in [2.24, 2.45) is 0 Å². The second kappa shape index (κ2) is 7.73. The van der Waals surface area contributed by atoms with Crippen molar-refractivity contribution in [1.29, 1.82) is 0 Å². The molecular formula is C22H19FN8O. The summed E-state index contributed by atoms with van der Waals surface area (Å²) in [4.78, 5) is 13.4. The van der Waals surface area contributed by atoms with Crippen LogP contribution < -0.4 is 10.5 Å². The summed E-state index contributed by atoms with van der Waals surface area (Å²) in [6.07, 6.45) is 7.00. The van der Waals surface area contributed by atoms with Crippen LogP contribution in [0.2, 0.25) is 0 Å². The quantitative estimate of drug-likeness (QED) is 0.455. The summed E-state index contributed by atoms with van der Waals surface area (Å²) in [5.41, 5.74) is 9.99. The van der Waals surface area contributed by atoms with Gasteiger partial charge in [-0.05, 0) is 36.8 Å². The zero-order valence-electron chi connectivity index (χ0n) is 17.3.